The van der Waals surface area contributed by atoms with E-state index in [1.54, 1.807) is 16.4 Å². The molecule has 112 valence electrons. The molecule has 0 bridgehead atoms. The lowest BCUT2D eigenvalue weighted by Crippen LogP contribution is -2.13. The molecule has 0 radical (unpaired) electrons. The third-order valence-corrected chi connectivity index (χ3v) is 5.82. The zero-order chi connectivity index (χ0) is 14.7. The van der Waals surface area contributed by atoms with Crippen molar-refractivity contribution < 1.29 is 0 Å². The van der Waals surface area contributed by atoms with Crippen LogP contribution in [0.4, 0.5) is 0 Å². The maximum absolute atomic E-state index is 6.17. The Kier molecular flexibility index (Phi) is 4.85. The van der Waals surface area contributed by atoms with Crippen LogP contribution >= 0.6 is 27.7 Å². The molecule has 0 aliphatic heterocycles. The lowest BCUT2D eigenvalue weighted by atomic mass is 9.91. The van der Waals surface area contributed by atoms with Crippen LogP contribution in [0.2, 0.25) is 0 Å². The molecule has 21 heavy (non-hydrogen) atoms. The van der Waals surface area contributed by atoms with Crippen molar-refractivity contribution in [2.24, 2.45) is 5.92 Å². The molecule has 3 rings (SSSR count). The minimum atomic E-state index is 0.702. The number of hydrogen-bond donors (Lipinski definition) is 1. The van der Waals surface area contributed by atoms with Gasteiger partial charge in [0, 0.05) is 15.8 Å². The zero-order valence-corrected chi connectivity index (χ0v) is 14.2. The van der Waals surface area contributed by atoms with Gasteiger partial charge >= 0.3 is 0 Å². The molecule has 1 aromatic heterocycles. The summed E-state index contributed by atoms with van der Waals surface area (Å²) in [6, 6.07) is 7.93. The Morgan fingerprint density at radius 1 is 1.19 bits per heavy atom. The van der Waals surface area contributed by atoms with Crippen molar-refractivity contribution >= 4 is 27.7 Å². The van der Waals surface area contributed by atoms with E-state index < -0.39 is 0 Å². The molecule has 0 atom stereocenters. The minimum Gasteiger partial charge on any atom is -0.335 e. The molecular formula is C15H19BrN4S. The standard InChI is InChI=1S/C15H19BrN4S/c16-13-9-5-4-8-12(13)14-18-19-15(20(14)17)21-10-11-6-2-1-3-7-11/h4-5,8-9,11H,1-3,6-7,10,17H2. The first-order valence-corrected chi connectivity index (χ1v) is 9.12. The molecule has 0 unspecified atom stereocenters. The molecule has 1 aliphatic carbocycles. The van der Waals surface area contributed by atoms with Gasteiger partial charge in [-0.2, -0.15) is 0 Å². The number of hydrogen-bond acceptors (Lipinski definition) is 4. The van der Waals surface area contributed by atoms with Gasteiger partial charge in [-0.3, -0.25) is 0 Å². The van der Waals surface area contributed by atoms with Gasteiger partial charge in [-0.05, 0) is 30.9 Å². The minimum absolute atomic E-state index is 0.702. The number of aromatic nitrogens is 3. The number of halogens is 1. The third-order valence-electron chi connectivity index (χ3n) is 3.95. The molecule has 0 spiro atoms. The van der Waals surface area contributed by atoms with E-state index in [1.165, 1.54) is 32.1 Å². The smallest absolute Gasteiger partial charge is 0.210 e. The van der Waals surface area contributed by atoms with Gasteiger partial charge in [0.2, 0.25) is 5.16 Å². The monoisotopic (exact) mass is 366 g/mol. The van der Waals surface area contributed by atoms with E-state index in [4.69, 9.17) is 5.84 Å². The van der Waals surface area contributed by atoms with Crippen LogP contribution in [-0.2, 0) is 0 Å². The average molecular weight is 367 g/mol. The first-order valence-electron chi connectivity index (χ1n) is 7.34. The van der Waals surface area contributed by atoms with Crippen LogP contribution < -0.4 is 5.84 Å². The average Bonchev–Trinajstić information content (AvgIpc) is 2.88. The van der Waals surface area contributed by atoms with Crippen molar-refractivity contribution in [3.63, 3.8) is 0 Å². The summed E-state index contributed by atoms with van der Waals surface area (Å²) in [5.74, 6) is 8.76. The van der Waals surface area contributed by atoms with Crippen molar-refractivity contribution in [3.05, 3.63) is 28.7 Å². The maximum Gasteiger partial charge on any atom is 0.210 e. The molecular weight excluding hydrogens is 348 g/mol. The molecule has 2 aromatic rings. The number of nitrogens with zero attached hydrogens (tertiary/aromatic N) is 3. The first kappa shape index (κ1) is 14.9. The van der Waals surface area contributed by atoms with Gasteiger partial charge in [-0.15, -0.1) is 10.2 Å². The lowest BCUT2D eigenvalue weighted by molar-refractivity contribution is 0.390. The number of nitrogens with two attached hydrogens (primary N) is 1. The Labute approximate surface area is 137 Å². The van der Waals surface area contributed by atoms with Crippen LogP contribution in [0.5, 0.6) is 0 Å². The van der Waals surface area contributed by atoms with E-state index in [2.05, 4.69) is 26.1 Å². The Morgan fingerprint density at radius 2 is 1.95 bits per heavy atom. The second-order valence-corrected chi connectivity index (χ2v) is 7.31. The van der Waals surface area contributed by atoms with E-state index in [-0.39, 0.29) is 0 Å². The second-order valence-electron chi connectivity index (χ2n) is 5.47. The van der Waals surface area contributed by atoms with Crippen molar-refractivity contribution in [2.75, 3.05) is 11.6 Å². The molecule has 2 N–H and O–H groups in total. The molecule has 1 heterocycles. The predicted octanol–water partition coefficient (Wildman–Crippen LogP) is 4.09. The fraction of sp³-hybridized carbons (Fsp3) is 0.467. The van der Waals surface area contributed by atoms with Gasteiger partial charge in [0.1, 0.15) is 0 Å². The van der Waals surface area contributed by atoms with E-state index >= 15 is 0 Å². The normalized spacial score (nSPS) is 16.2. The van der Waals surface area contributed by atoms with Crippen molar-refractivity contribution in [2.45, 2.75) is 37.3 Å². The maximum atomic E-state index is 6.17. The first-order chi connectivity index (χ1) is 10.3. The van der Waals surface area contributed by atoms with Gasteiger partial charge in [0.25, 0.3) is 0 Å². The van der Waals surface area contributed by atoms with Gasteiger partial charge in [-0.25, -0.2) is 4.68 Å². The lowest BCUT2D eigenvalue weighted by Gasteiger charge is -2.20. The Morgan fingerprint density at radius 3 is 2.71 bits per heavy atom. The Bertz CT molecular complexity index is 607. The molecule has 0 amide bonds. The summed E-state index contributed by atoms with van der Waals surface area (Å²) in [6.45, 7) is 0. The summed E-state index contributed by atoms with van der Waals surface area (Å²) >= 11 is 5.26. The van der Waals surface area contributed by atoms with Crippen LogP contribution in [-0.4, -0.2) is 20.6 Å². The van der Waals surface area contributed by atoms with Crippen molar-refractivity contribution in [1.29, 1.82) is 0 Å². The molecule has 1 aliphatic rings. The molecule has 1 fully saturated rings. The molecule has 4 nitrogen and oxygen atoms in total. The predicted molar refractivity (Wildman–Crippen MR) is 90.6 cm³/mol. The SMILES string of the molecule is Nn1c(SCC2CCCCC2)nnc1-c1ccccc1Br. The van der Waals surface area contributed by atoms with Gasteiger partial charge < -0.3 is 5.84 Å². The van der Waals surface area contributed by atoms with Crippen LogP contribution in [0.15, 0.2) is 33.9 Å². The summed E-state index contributed by atoms with van der Waals surface area (Å²) in [4.78, 5) is 0. The highest BCUT2D eigenvalue weighted by molar-refractivity contribution is 9.10. The van der Waals surface area contributed by atoms with E-state index in [9.17, 15) is 0 Å². The van der Waals surface area contributed by atoms with Crippen LogP contribution in [0.3, 0.4) is 0 Å². The Hall–Kier alpha value is -1.01. The van der Waals surface area contributed by atoms with Crippen LogP contribution in [0.25, 0.3) is 11.4 Å². The second kappa shape index (κ2) is 6.83. The Balaban J connectivity index is 1.72. The quantitative estimate of drug-likeness (QED) is 0.653. The topological polar surface area (TPSA) is 56.7 Å². The van der Waals surface area contributed by atoms with E-state index in [0.717, 1.165) is 26.9 Å². The highest BCUT2D eigenvalue weighted by Crippen LogP contribution is 2.31. The molecule has 1 aromatic carbocycles. The highest BCUT2D eigenvalue weighted by atomic mass is 79.9. The van der Waals surface area contributed by atoms with Crippen LogP contribution in [0.1, 0.15) is 32.1 Å². The summed E-state index contributed by atoms with van der Waals surface area (Å²) in [7, 11) is 0. The van der Waals surface area contributed by atoms with Gasteiger partial charge in [0.05, 0.1) is 0 Å². The zero-order valence-electron chi connectivity index (χ0n) is 11.8. The fourth-order valence-electron chi connectivity index (χ4n) is 2.75. The summed E-state index contributed by atoms with van der Waals surface area (Å²) in [5.41, 5.74) is 0.969. The van der Waals surface area contributed by atoms with Crippen LogP contribution in [0, 0.1) is 5.92 Å². The summed E-state index contributed by atoms with van der Waals surface area (Å²) in [5, 5.41) is 9.29. The van der Waals surface area contributed by atoms with Gasteiger partial charge in [0.15, 0.2) is 5.82 Å². The van der Waals surface area contributed by atoms with Crippen molar-refractivity contribution in [1.82, 2.24) is 14.9 Å². The molecule has 6 heteroatoms. The van der Waals surface area contributed by atoms with E-state index in [1.807, 2.05) is 24.3 Å². The highest BCUT2D eigenvalue weighted by Gasteiger charge is 2.18. The van der Waals surface area contributed by atoms with Gasteiger partial charge in [-0.1, -0.05) is 59.1 Å². The van der Waals surface area contributed by atoms with Crippen molar-refractivity contribution in [3.8, 4) is 11.4 Å². The summed E-state index contributed by atoms with van der Waals surface area (Å²) < 4.78 is 2.58. The fourth-order valence-corrected chi connectivity index (χ4v) is 4.25. The number of rotatable bonds is 4. The summed E-state index contributed by atoms with van der Waals surface area (Å²) in [6.07, 6.45) is 6.79. The van der Waals surface area contributed by atoms with E-state index in [0.29, 0.717) is 5.82 Å². The third kappa shape index (κ3) is 3.43. The number of thioether (sulfide) groups is 1. The number of nitrogen functional groups attached to an aromatic ring is 1. The largest absolute Gasteiger partial charge is 0.335 e. The molecule has 1 saturated carbocycles. The number of benzene rings is 1. The molecule has 0 saturated heterocycles.